The molecule has 0 spiro atoms. The van der Waals surface area contributed by atoms with E-state index in [1.165, 1.54) is 11.3 Å². The van der Waals surface area contributed by atoms with E-state index in [1.807, 2.05) is 64.1 Å². The molecule has 4 nitrogen and oxygen atoms in total. The highest BCUT2D eigenvalue weighted by Gasteiger charge is 2.23. The fourth-order valence-corrected chi connectivity index (χ4v) is 4.22. The molecule has 2 aromatic carbocycles. The number of aryl methyl sites for hydroxylation is 1. The molecule has 6 heteroatoms. The van der Waals surface area contributed by atoms with Crippen molar-refractivity contribution >= 4 is 50.5 Å². The third-order valence-electron chi connectivity index (χ3n) is 3.99. The van der Waals surface area contributed by atoms with Crippen LogP contribution in [-0.2, 0) is 0 Å². The van der Waals surface area contributed by atoms with Crippen molar-refractivity contribution < 1.29 is 9.59 Å². The fourth-order valence-electron chi connectivity index (χ4n) is 2.75. The molecule has 0 bridgehead atoms. The largest absolute Gasteiger partial charge is 0.347 e. The summed E-state index contributed by atoms with van der Waals surface area (Å²) in [5.41, 5.74) is 1.79. The second-order valence-corrected chi connectivity index (χ2v) is 8.80. The average molecular weight is 401 g/mol. The fraction of sp³-hybridized carbons (Fsp3) is 0.238. The summed E-state index contributed by atoms with van der Waals surface area (Å²) in [6.45, 7) is 7.65. The predicted molar refractivity (Wildman–Crippen MR) is 113 cm³/mol. The maximum Gasteiger partial charge on any atom is 0.263 e. The monoisotopic (exact) mass is 400 g/mol. The number of thiophene rings is 1. The van der Waals surface area contributed by atoms with Gasteiger partial charge in [-0.2, -0.15) is 0 Å². The number of benzene rings is 2. The van der Waals surface area contributed by atoms with Crippen molar-refractivity contribution in [3.05, 3.63) is 63.5 Å². The lowest BCUT2D eigenvalue weighted by Gasteiger charge is -2.19. The van der Waals surface area contributed by atoms with E-state index in [4.69, 9.17) is 11.6 Å². The first kappa shape index (κ1) is 19.4. The van der Waals surface area contributed by atoms with E-state index in [0.29, 0.717) is 21.2 Å². The SMILES string of the molecule is Cc1ccccc1C(=O)Nc1cccc2c(Cl)c(C(=O)NC(C)(C)C)sc12. The first-order valence-electron chi connectivity index (χ1n) is 8.58. The number of carbonyl (C=O) groups excluding carboxylic acids is 2. The van der Waals surface area contributed by atoms with Crippen LogP contribution in [0.4, 0.5) is 5.69 Å². The summed E-state index contributed by atoms with van der Waals surface area (Å²) < 4.78 is 0.781. The quantitative estimate of drug-likeness (QED) is 0.597. The van der Waals surface area contributed by atoms with Crippen LogP contribution >= 0.6 is 22.9 Å². The Labute approximate surface area is 167 Å². The first-order valence-corrected chi connectivity index (χ1v) is 9.77. The third kappa shape index (κ3) is 4.15. The topological polar surface area (TPSA) is 58.2 Å². The minimum atomic E-state index is -0.363. The van der Waals surface area contributed by atoms with Gasteiger partial charge in [-0.25, -0.2) is 0 Å². The lowest BCUT2D eigenvalue weighted by atomic mass is 10.1. The zero-order valence-corrected chi connectivity index (χ0v) is 17.2. The summed E-state index contributed by atoms with van der Waals surface area (Å²) in [7, 11) is 0. The number of hydrogen-bond donors (Lipinski definition) is 2. The number of carbonyl (C=O) groups is 2. The van der Waals surface area contributed by atoms with Gasteiger partial charge >= 0.3 is 0 Å². The number of rotatable bonds is 3. The molecule has 0 aliphatic heterocycles. The van der Waals surface area contributed by atoms with Gasteiger partial charge in [0.25, 0.3) is 11.8 Å². The molecule has 2 N–H and O–H groups in total. The molecule has 0 saturated carbocycles. The third-order valence-corrected chi connectivity index (χ3v) is 5.73. The van der Waals surface area contributed by atoms with Crippen molar-refractivity contribution in [2.24, 2.45) is 0 Å². The van der Waals surface area contributed by atoms with Gasteiger partial charge in [-0.3, -0.25) is 9.59 Å². The maximum absolute atomic E-state index is 12.7. The van der Waals surface area contributed by atoms with Crippen molar-refractivity contribution in [1.29, 1.82) is 0 Å². The minimum Gasteiger partial charge on any atom is -0.347 e. The second kappa shape index (κ2) is 7.33. The Balaban J connectivity index is 1.98. The van der Waals surface area contributed by atoms with Crippen molar-refractivity contribution in [2.75, 3.05) is 5.32 Å². The van der Waals surface area contributed by atoms with E-state index in [1.54, 1.807) is 6.07 Å². The molecule has 0 aliphatic rings. The Hall–Kier alpha value is -2.37. The van der Waals surface area contributed by atoms with Crippen LogP contribution in [0.1, 0.15) is 46.4 Å². The maximum atomic E-state index is 12.7. The number of halogens is 1. The van der Waals surface area contributed by atoms with Crippen molar-refractivity contribution in [2.45, 2.75) is 33.2 Å². The van der Waals surface area contributed by atoms with E-state index in [9.17, 15) is 9.59 Å². The molecular weight excluding hydrogens is 380 g/mol. The van der Waals surface area contributed by atoms with E-state index < -0.39 is 0 Å². The van der Waals surface area contributed by atoms with Crippen LogP contribution in [0.25, 0.3) is 10.1 Å². The highest BCUT2D eigenvalue weighted by molar-refractivity contribution is 7.22. The highest BCUT2D eigenvalue weighted by atomic mass is 35.5. The van der Waals surface area contributed by atoms with Gasteiger partial charge in [-0.15, -0.1) is 11.3 Å². The molecule has 0 unspecified atom stereocenters. The summed E-state index contributed by atoms with van der Waals surface area (Å²) in [4.78, 5) is 25.7. The van der Waals surface area contributed by atoms with Gasteiger partial charge in [-0.05, 0) is 45.4 Å². The van der Waals surface area contributed by atoms with Crippen LogP contribution < -0.4 is 10.6 Å². The van der Waals surface area contributed by atoms with Crippen molar-refractivity contribution in [3.63, 3.8) is 0 Å². The summed E-state index contributed by atoms with van der Waals surface area (Å²) in [5.74, 6) is -0.407. The van der Waals surface area contributed by atoms with Crippen LogP contribution in [0.5, 0.6) is 0 Å². The normalized spacial score (nSPS) is 11.4. The lowest BCUT2D eigenvalue weighted by Crippen LogP contribution is -2.40. The Morgan fingerprint density at radius 1 is 1.00 bits per heavy atom. The predicted octanol–water partition coefficient (Wildman–Crippen LogP) is 5.64. The van der Waals surface area contributed by atoms with Crippen molar-refractivity contribution in [3.8, 4) is 0 Å². The number of nitrogens with one attached hydrogen (secondary N) is 2. The van der Waals surface area contributed by atoms with Crippen molar-refractivity contribution in [1.82, 2.24) is 5.32 Å². The molecule has 3 rings (SSSR count). The van der Waals surface area contributed by atoms with Gasteiger partial charge in [0, 0.05) is 16.5 Å². The van der Waals surface area contributed by atoms with Gasteiger partial charge < -0.3 is 10.6 Å². The van der Waals surface area contributed by atoms with Gasteiger partial charge in [0.05, 0.1) is 15.4 Å². The Kier molecular flexibility index (Phi) is 5.27. The Bertz CT molecular complexity index is 1030. The lowest BCUT2D eigenvalue weighted by molar-refractivity contribution is 0.0923. The number of amides is 2. The Morgan fingerprint density at radius 3 is 2.37 bits per heavy atom. The molecule has 0 atom stereocenters. The molecule has 0 radical (unpaired) electrons. The highest BCUT2D eigenvalue weighted by Crippen LogP contribution is 2.39. The average Bonchev–Trinajstić information content (AvgIpc) is 2.92. The minimum absolute atomic E-state index is 0.189. The smallest absolute Gasteiger partial charge is 0.263 e. The molecule has 1 heterocycles. The van der Waals surface area contributed by atoms with Crippen LogP contribution in [0.2, 0.25) is 5.02 Å². The van der Waals surface area contributed by atoms with Crippen LogP contribution in [0.3, 0.4) is 0 Å². The zero-order valence-electron chi connectivity index (χ0n) is 15.6. The van der Waals surface area contributed by atoms with Gasteiger partial charge in [-0.1, -0.05) is 41.9 Å². The summed E-state index contributed by atoms with van der Waals surface area (Å²) in [6, 6.07) is 12.9. The molecule has 0 aliphatic carbocycles. The van der Waals surface area contributed by atoms with Crippen LogP contribution in [0.15, 0.2) is 42.5 Å². The molecule has 2 amide bonds. The molecule has 3 aromatic rings. The standard InChI is InChI=1S/C21H21ClN2O2S/c1-12-8-5-6-9-13(12)19(25)23-15-11-7-10-14-16(22)18(27-17(14)15)20(26)24-21(2,3)4/h5-11H,1-4H3,(H,23,25)(H,24,26). The molecule has 0 fully saturated rings. The molecule has 1 aromatic heterocycles. The van der Waals surface area contributed by atoms with Gasteiger partial charge in [0.15, 0.2) is 0 Å². The second-order valence-electron chi connectivity index (χ2n) is 7.40. The summed E-state index contributed by atoms with van der Waals surface area (Å²) in [6.07, 6.45) is 0. The molecular formula is C21H21ClN2O2S. The molecule has 0 saturated heterocycles. The number of fused-ring (bicyclic) bond motifs is 1. The first-order chi connectivity index (χ1) is 12.7. The molecule has 27 heavy (non-hydrogen) atoms. The number of anilines is 1. The van der Waals surface area contributed by atoms with Crippen LogP contribution in [0, 0.1) is 6.92 Å². The van der Waals surface area contributed by atoms with Gasteiger partial charge in [0.1, 0.15) is 4.88 Å². The van der Waals surface area contributed by atoms with E-state index in [2.05, 4.69) is 10.6 Å². The molecule has 140 valence electrons. The Morgan fingerprint density at radius 2 is 1.70 bits per heavy atom. The van der Waals surface area contributed by atoms with Gasteiger partial charge in [0.2, 0.25) is 0 Å². The van der Waals surface area contributed by atoms with E-state index in [0.717, 1.165) is 15.6 Å². The van der Waals surface area contributed by atoms with E-state index in [-0.39, 0.29) is 17.4 Å². The van der Waals surface area contributed by atoms with E-state index >= 15 is 0 Å². The number of hydrogen-bond acceptors (Lipinski definition) is 3. The summed E-state index contributed by atoms with van der Waals surface area (Å²) in [5, 5.41) is 7.04. The zero-order chi connectivity index (χ0) is 19.8. The summed E-state index contributed by atoms with van der Waals surface area (Å²) >= 11 is 7.75. The van der Waals surface area contributed by atoms with Crippen LogP contribution in [-0.4, -0.2) is 17.4 Å².